The van der Waals surface area contributed by atoms with Crippen LogP contribution < -0.4 is 20.9 Å². The predicted octanol–water partition coefficient (Wildman–Crippen LogP) is 13.6. The highest BCUT2D eigenvalue weighted by atomic mass is 35.5. The molecule has 8 fully saturated rings. The molecule has 4 aromatic carbocycles. The van der Waals surface area contributed by atoms with Crippen LogP contribution in [-0.2, 0) is 0 Å². The van der Waals surface area contributed by atoms with Gasteiger partial charge in [0.1, 0.15) is 11.6 Å². The molecule has 20 rings (SSSR count). The van der Waals surface area contributed by atoms with Gasteiger partial charge < -0.3 is 40.4 Å². The van der Waals surface area contributed by atoms with Gasteiger partial charge >= 0.3 is 0 Å². The highest BCUT2D eigenvalue weighted by molar-refractivity contribution is 6.31. The van der Waals surface area contributed by atoms with Gasteiger partial charge in [-0.05, 0) is 130 Å². The maximum Gasteiger partial charge on any atom is 0.257 e. The van der Waals surface area contributed by atoms with Crippen LogP contribution in [0.4, 0.5) is 37.0 Å². The average molecular weight is 1700 g/mol. The lowest BCUT2D eigenvalue weighted by Gasteiger charge is -2.38. The van der Waals surface area contributed by atoms with E-state index in [0.717, 1.165) is 75.9 Å². The summed E-state index contributed by atoms with van der Waals surface area (Å²) in [6, 6.07) is 28.9. The third-order valence-electron chi connectivity index (χ3n) is 23.2. The maximum atomic E-state index is 14.8. The Labute approximate surface area is 706 Å². The van der Waals surface area contributed by atoms with Gasteiger partial charge in [-0.1, -0.05) is 94.9 Å². The number of piperidine rings is 4. The first kappa shape index (κ1) is 80.0. The number of rotatable bonds is 16. The van der Waals surface area contributed by atoms with Crippen LogP contribution in [0, 0.1) is 41.1 Å². The van der Waals surface area contributed by atoms with E-state index in [-0.39, 0.29) is 83.1 Å². The summed E-state index contributed by atoms with van der Waals surface area (Å²) in [7, 11) is 1.93. The Morgan fingerprint density at radius 2 is 0.700 bits per heavy atom. The zero-order chi connectivity index (χ0) is 82.7. The van der Waals surface area contributed by atoms with E-state index in [4.69, 9.17) is 46.4 Å². The van der Waals surface area contributed by atoms with Crippen LogP contribution >= 0.6 is 46.4 Å². The van der Waals surface area contributed by atoms with Crippen molar-refractivity contribution in [2.75, 3.05) is 54.1 Å². The smallest absolute Gasteiger partial charge is 0.257 e. The lowest BCUT2D eigenvalue weighted by atomic mass is 10.0. The first-order valence-corrected chi connectivity index (χ1v) is 40.6. The van der Waals surface area contributed by atoms with Gasteiger partial charge in [0.25, 0.3) is 23.6 Å². The molecule has 8 aromatic heterocycles. The summed E-state index contributed by atoms with van der Waals surface area (Å²) in [6.45, 7) is 2.74. The van der Waals surface area contributed by atoms with Crippen LogP contribution in [0.1, 0.15) is 92.8 Å². The number of fused-ring (bicyclic) bond motifs is 8. The van der Waals surface area contributed by atoms with Crippen molar-refractivity contribution in [3.63, 3.8) is 0 Å². The second-order valence-electron chi connectivity index (χ2n) is 30.6. The molecule has 12 atom stereocenters. The van der Waals surface area contributed by atoms with E-state index < -0.39 is 17.5 Å². The van der Waals surface area contributed by atoms with Crippen LogP contribution in [0.3, 0.4) is 0 Å². The standard InChI is InChI=1S/C22H20ClFN6O.2C21H18ClFN6O.C21H19ClN6O/c1-29(22-27-10-14(23)11-28-22)18-7-13-8-19(18)30(12-13)21(31)17-9-15(24)3-4-16(17)20-25-5-2-6-26-20;22-13-9-26-21(27-10-13)28-16-7-12-8-17(16)29(11-12)20(30)18-14(3-1-4-15(18)23)19-24-5-2-6-25-19;22-13-7-26-21(27-8-13)28-17-5-12-6-18(17)29(11-12)20(30)16-4-2-1-3-15(16)19-24-9-14(23)10-25-19;22-14-10-25-21(26-11-14)27-17-8-13-9-18(17)28(12-13)20(29)16-5-2-1-4-15(16)19-23-6-3-7-24-19/h2-6,9-11,13,18-19H,7-8,12H2,1H3;1-6,9-10,12,16-17H,7-8,11H2,(H,26,27,28);1-4,7-10,12,17-18H,5-6,11H2,(H,26,27,28);1-7,10-11,13,17-18H,8-9,12H2,(H,25,26,27). The molecule has 4 saturated carbocycles. The Hall–Kier alpha value is -12.5. The van der Waals surface area contributed by atoms with Crippen molar-refractivity contribution < 1.29 is 32.3 Å². The van der Waals surface area contributed by atoms with Crippen LogP contribution in [0.25, 0.3) is 45.6 Å². The maximum absolute atomic E-state index is 14.8. The van der Waals surface area contributed by atoms with Crippen LogP contribution in [0.15, 0.2) is 202 Å². The molecule has 120 heavy (non-hydrogen) atoms. The predicted molar refractivity (Wildman–Crippen MR) is 443 cm³/mol. The summed E-state index contributed by atoms with van der Waals surface area (Å²) >= 11 is 23.5. The van der Waals surface area contributed by atoms with Crippen molar-refractivity contribution in [2.45, 2.75) is 99.7 Å². The Bertz CT molecular complexity index is 5690. The van der Waals surface area contributed by atoms with Crippen molar-refractivity contribution in [3.8, 4) is 45.6 Å². The number of hydrogen-bond acceptors (Lipinski definition) is 24. The lowest BCUT2D eigenvalue weighted by molar-refractivity contribution is 0.0677. The van der Waals surface area contributed by atoms with Crippen molar-refractivity contribution in [1.82, 2.24) is 99.3 Å². The van der Waals surface area contributed by atoms with Crippen LogP contribution in [0.2, 0.25) is 20.1 Å². The molecule has 0 spiro atoms. The summed E-state index contributed by atoms with van der Waals surface area (Å²) in [6.07, 6.45) is 31.9. The van der Waals surface area contributed by atoms with E-state index in [9.17, 15) is 32.3 Å². The van der Waals surface area contributed by atoms with Gasteiger partial charge in [0, 0.05) is 111 Å². The highest BCUT2D eigenvalue weighted by Crippen LogP contribution is 2.46. The van der Waals surface area contributed by atoms with Crippen molar-refractivity contribution >= 4 is 93.8 Å². The number of amides is 4. The van der Waals surface area contributed by atoms with Crippen molar-refractivity contribution in [1.29, 1.82) is 0 Å². The molecule has 4 amide bonds. The molecule has 8 bridgehead atoms. The molecular weight excluding hydrogens is 1620 g/mol. The van der Waals surface area contributed by atoms with E-state index in [1.807, 2.05) is 63.0 Å². The number of nitrogens with zero attached hydrogens (tertiary/aromatic N) is 21. The van der Waals surface area contributed by atoms with Crippen LogP contribution in [-0.4, -0.2) is 205 Å². The summed E-state index contributed by atoms with van der Waals surface area (Å²) in [5.74, 6) is 3.19. The Morgan fingerprint density at radius 1 is 0.350 bits per heavy atom. The molecule has 28 nitrogen and oxygen atoms in total. The number of halogens is 7. The topological polar surface area (TPSA) is 327 Å². The fourth-order valence-corrected chi connectivity index (χ4v) is 18.5. The summed E-state index contributed by atoms with van der Waals surface area (Å²) < 4.78 is 42.2. The zero-order valence-corrected chi connectivity index (χ0v) is 67.2. The number of aromatic nitrogens is 16. The van der Waals surface area contributed by atoms with Crippen molar-refractivity contribution in [2.24, 2.45) is 23.7 Å². The zero-order valence-electron chi connectivity index (χ0n) is 64.1. The number of benzene rings is 4. The highest BCUT2D eigenvalue weighted by Gasteiger charge is 2.52. The van der Waals surface area contributed by atoms with Gasteiger partial charge in [0.2, 0.25) is 23.8 Å². The molecule has 8 aliphatic rings. The molecule has 3 N–H and O–H groups in total. The lowest BCUT2D eigenvalue weighted by Crippen LogP contribution is -2.51. The second-order valence-corrected chi connectivity index (χ2v) is 32.4. The quantitative estimate of drug-likeness (QED) is 0.0809. The summed E-state index contributed by atoms with van der Waals surface area (Å²) in [5, 5.41) is 11.9. The van der Waals surface area contributed by atoms with Crippen molar-refractivity contribution in [3.05, 3.63) is 262 Å². The normalized spacial score (nSPS) is 22.3. The molecule has 12 unspecified atom stereocenters. The molecule has 4 aliphatic carbocycles. The molecule has 12 heterocycles. The number of nitrogens with one attached hydrogen (secondary N) is 3. The first-order chi connectivity index (χ1) is 58.4. The minimum atomic E-state index is -0.571. The summed E-state index contributed by atoms with van der Waals surface area (Å²) in [5.41, 5.74) is 3.71. The molecule has 4 aliphatic heterocycles. The van der Waals surface area contributed by atoms with Gasteiger partial charge in [0.15, 0.2) is 29.1 Å². The fraction of sp³-hybridized carbons (Fsp3) is 0.294. The second kappa shape index (κ2) is 35.2. The number of likely N-dealkylation sites (N-methyl/N-ethyl adjacent to an activating group) is 1. The van der Waals surface area contributed by atoms with E-state index >= 15 is 0 Å². The van der Waals surface area contributed by atoms with Gasteiger partial charge in [-0.15, -0.1) is 0 Å². The number of carbonyl (C=O) groups is 4. The average Bonchev–Trinajstić information content (AvgIpc) is 1.60. The molecule has 12 aromatic rings. The number of anilines is 4. The Balaban J connectivity index is 0.000000114. The van der Waals surface area contributed by atoms with E-state index in [2.05, 4.69) is 95.7 Å². The number of carbonyl (C=O) groups excluding carboxylic acids is 4. The first-order valence-electron chi connectivity index (χ1n) is 39.1. The van der Waals surface area contributed by atoms with E-state index in [1.54, 1.807) is 128 Å². The Kier molecular flexibility index (Phi) is 23.5. The fourth-order valence-electron chi connectivity index (χ4n) is 18.1. The minimum Gasteiger partial charge on any atom is -0.349 e. The van der Waals surface area contributed by atoms with Gasteiger partial charge in [0.05, 0.1) is 135 Å². The number of likely N-dealkylation sites (tertiary alicyclic amines) is 4. The third-order valence-corrected chi connectivity index (χ3v) is 24.0. The summed E-state index contributed by atoms with van der Waals surface area (Å²) in [4.78, 5) is 131. The van der Waals surface area contributed by atoms with E-state index in [1.165, 1.54) is 30.6 Å². The molecular formula is C85H75Cl4F3N24O4. The van der Waals surface area contributed by atoms with Gasteiger partial charge in [-0.25, -0.2) is 92.9 Å². The molecule has 35 heteroatoms. The third kappa shape index (κ3) is 17.3. The molecule has 0 radical (unpaired) electrons. The number of hydrogen-bond donors (Lipinski definition) is 3. The van der Waals surface area contributed by atoms with E-state index in [0.29, 0.717) is 138 Å². The Morgan fingerprint density at radius 3 is 1.12 bits per heavy atom. The van der Waals surface area contributed by atoms with Crippen LogP contribution in [0.5, 0.6) is 0 Å². The SMILES string of the molecule is CN(c1ncc(Cl)cn1)C1CC2CC1N(C(=O)c1cc(F)ccc1-c1ncccn1)C2.O=C(c1c(F)cccc1-c1ncccn1)N1CC2CC(Nc3ncc(Cl)cn3)C1C2.O=C(c1ccccc1-c1ncc(F)cn1)N1CC2CC(Nc3ncc(Cl)cn3)C1C2.O=C(c1ccccc1-c1ncccn1)N1CC2CC(Nc3ncc(Cl)cn3)C1C2. The monoisotopic (exact) mass is 1690 g/mol. The minimum absolute atomic E-state index is 0.00271. The molecule has 608 valence electrons. The molecule has 4 saturated heterocycles. The largest absolute Gasteiger partial charge is 0.349 e. The van der Waals surface area contributed by atoms with Gasteiger partial charge in [-0.2, -0.15) is 0 Å². The van der Waals surface area contributed by atoms with Gasteiger partial charge in [-0.3, -0.25) is 19.2 Å².